The lowest BCUT2D eigenvalue weighted by Crippen LogP contribution is -2.40. The van der Waals surface area contributed by atoms with Gasteiger partial charge in [-0.1, -0.05) is 30.7 Å². The van der Waals surface area contributed by atoms with Gasteiger partial charge in [0.25, 0.3) is 0 Å². The molecule has 102 valence electrons. The molecule has 2 unspecified atom stereocenters. The first-order chi connectivity index (χ1) is 8.52. The Morgan fingerprint density at radius 1 is 1.22 bits per heavy atom. The van der Waals surface area contributed by atoms with Gasteiger partial charge in [0.15, 0.2) is 0 Å². The second-order valence-corrected chi connectivity index (χ2v) is 5.54. The minimum atomic E-state index is 0.523. The second kappa shape index (κ2) is 7.78. The number of rotatable bonds is 7. The van der Waals surface area contributed by atoms with Crippen LogP contribution in [0.1, 0.15) is 32.8 Å². The first-order valence-electron chi connectivity index (χ1n) is 6.71. The quantitative estimate of drug-likeness (QED) is 0.814. The van der Waals surface area contributed by atoms with Gasteiger partial charge in [-0.15, -0.1) is 0 Å². The van der Waals surface area contributed by atoms with E-state index in [1.807, 2.05) is 12.1 Å². The van der Waals surface area contributed by atoms with Gasteiger partial charge in [-0.25, -0.2) is 0 Å². The zero-order valence-electron chi connectivity index (χ0n) is 11.9. The maximum absolute atomic E-state index is 5.89. The molecule has 1 rings (SSSR count). The minimum absolute atomic E-state index is 0.523. The highest BCUT2D eigenvalue weighted by molar-refractivity contribution is 6.30. The van der Waals surface area contributed by atoms with Gasteiger partial charge in [-0.3, -0.25) is 4.90 Å². The Morgan fingerprint density at radius 3 is 2.39 bits per heavy atom. The Kier molecular flexibility index (Phi) is 6.69. The Labute approximate surface area is 116 Å². The summed E-state index contributed by atoms with van der Waals surface area (Å²) in [6.45, 7) is 8.68. The highest BCUT2D eigenvalue weighted by Gasteiger charge is 2.10. The van der Waals surface area contributed by atoms with Crippen LogP contribution >= 0.6 is 11.6 Å². The summed E-state index contributed by atoms with van der Waals surface area (Å²) in [5.74, 6) is 0. The fraction of sp³-hybridized carbons (Fsp3) is 0.600. The third-order valence-electron chi connectivity index (χ3n) is 3.47. The van der Waals surface area contributed by atoms with E-state index in [0.717, 1.165) is 18.1 Å². The van der Waals surface area contributed by atoms with E-state index >= 15 is 0 Å². The number of nitrogens with one attached hydrogen (secondary N) is 1. The van der Waals surface area contributed by atoms with Gasteiger partial charge in [0.05, 0.1) is 0 Å². The molecule has 2 nitrogen and oxygen atoms in total. The molecule has 0 radical (unpaired) electrons. The SMILES string of the molecule is CCC(C)NCC(C)N(C)Cc1ccc(Cl)cc1. The van der Waals surface area contributed by atoms with Gasteiger partial charge >= 0.3 is 0 Å². The van der Waals surface area contributed by atoms with Crippen molar-refractivity contribution in [1.82, 2.24) is 10.2 Å². The molecule has 1 aromatic carbocycles. The summed E-state index contributed by atoms with van der Waals surface area (Å²) < 4.78 is 0. The first-order valence-corrected chi connectivity index (χ1v) is 7.08. The molecule has 0 saturated heterocycles. The molecule has 1 aromatic rings. The highest BCUT2D eigenvalue weighted by atomic mass is 35.5. The van der Waals surface area contributed by atoms with Gasteiger partial charge < -0.3 is 5.32 Å². The number of hydrogen-bond acceptors (Lipinski definition) is 2. The normalized spacial score (nSPS) is 14.8. The molecule has 3 heteroatoms. The van der Waals surface area contributed by atoms with E-state index in [1.54, 1.807) is 0 Å². The van der Waals surface area contributed by atoms with Gasteiger partial charge in [0.2, 0.25) is 0 Å². The van der Waals surface area contributed by atoms with Crippen LogP contribution in [0.25, 0.3) is 0 Å². The molecule has 0 aliphatic carbocycles. The van der Waals surface area contributed by atoms with Crippen LogP contribution in [0.15, 0.2) is 24.3 Å². The van der Waals surface area contributed by atoms with Crippen molar-refractivity contribution in [3.8, 4) is 0 Å². The van der Waals surface area contributed by atoms with Crippen molar-refractivity contribution in [3.63, 3.8) is 0 Å². The molecule has 0 amide bonds. The number of benzene rings is 1. The van der Waals surface area contributed by atoms with Gasteiger partial charge in [-0.2, -0.15) is 0 Å². The molecular formula is C15H25ClN2. The molecule has 2 atom stereocenters. The van der Waals surface area contributed by atoms with E-state index in [1.165, 1.54) is 12.0 Å². The fourth-order valence-corrected chi connectivity index (χ4v) is 1.83. The van der Waals surface area contributed by atoms with E-state index in [-0.39, 0.29) is 0 Å². The number of halogens is 1. The Hall–Kier alpha value is -0.570. The standard InChI is InChI=1S/C15H25ClN2/c1-5-12(2)17-10-13(3)18(4)11-14-6-8-15(16)9-7-14/h6-9,12-13,17H,5,10-11H2,1-4H3. The van der Waals surface area contributed by atoms with Crippen LogP contribution in [0.3, 0.4) is 0 Å². The van der Waals surface area contributed by atoms with E-state index in [2.05, 4.69) is 50.2 Å². The molecule has 0 aromatic heterocycles. The maximum atomic E-state index is 5.89. The summed E-state index contributed by atoms with van der Waals surface area (Å²) in [7, 11) is 2.16. The van der Waals surface area contributed by atoms with Crippen molar-refractivity contribution in [2.45, 2.75) is 45.8 Å². The Balaban J connectivity index is 2.39. The summed E-state index contributed by atoms with van der Waals surface area (Å²) in [6, 6.07) is 9.20. The van der Waals surface area contributed by atoms with Crippen LogP contribution in [-0.4, -0.2) is 30.6 Å². The smallest absolute Gasteiger partial charge is 0.0406 e. The molecule has 1 N–H and O–H groups in total. The monoisotopic (exact) mass is 268 g/mol. The van der Waals surface area contributed by atoms with Crippen molar-refractivity contribution in [2.75, 3.05) is 13.6 Å². The summed E-state index contributed by atoms with van der Waals surface area (Å²) >= 11 is 5.89. The molecule has 0 aliphatic rings. The number of nitrogens with zero attached hydrogens (tertiary/aromatic N) is 1. The van der Waals surface area contributed by atoms with Gasteiger partial charge in [0, 0.05) is 30.2 Å². The molecular weight excluding hydrogens is 244 g/mol. The minimum Gasteiger partial charge on any atom is -0.313 e. The molecule has 18 heavy (non-hydrogen) atoms. The maximum Gasteiger partial charge on any atom is 0.0406 e. The molecule has 0 aliphatic heterocycles. The van der Waals surface area contributed by atoms with Crippen molar-refractivity contribution in [2.24, 2.45) is 0 Å². The van der Waals surface area contributed by atoms with E-state index in [9.17, 15) is 0 Å². The first kappa shape index (κ1) is 15.5. The summed E-state index contributed by atoms with van der Waals surface area (Å²) in [5.41, 5.74) is 1.30. The van der Waals surface area contributed by atoms with Crippen molar-refractivity contribution in [1.29, 1.82) is 0 Å². The predicted molar refractivity (Wildman–Crippen MR) is 80.1 cm³/mol. The molecule has 0 heterocycles. The molecule has 0 spiro atoms. The summed E-state index contributed by atoms with van der Waals surface area (Å²) in [6.07, 6.45) is 1.17. The lowest BCUT2D eigenvalue weighted by molar-refractivity contribution is 0.237. The fourth-order valence-electron chi connectivity index (χ4n) is 1.71. The zero-order valence-corrected chi connectivity index (χ0v) is 12.7. The second-order valence-electron chi connectivity index (χ2n) is 5.11. The average Bonchev–Trinajstić information content (AvgIpc) is 2.38. The van der Waals surface area contributed by atoms with E-state index < -0.39 is 0 Å². The molecule has 0 saturated carbocycles. The number of likely N-dealkylation sites (N-methyl/N-ethyl adjacent to an activating group) is 1. The zero-order chi connectivity index (χ0) is 13.5. The van der Waals surface area contributed by atoms with Gasteiger partial charge in [-0.05, 0) is 45.0 Å². The van der Waals surface area contributed by atoms with Crippen LogP contribution in [0.4, 0.5) is 0 Å². The number of hydrogen-bond donors (Lipinski definition) is 1. The Morgan fingerprint density at radius 2 is 1.83 bits per heavy atom. The van der Waals surface area contributed by atoms with E-state index in [4.69, 9.17) is 11.6 Å². The van der Waals surface area contributed by atoms with Gasteiger partial charge in [0.1, 0.15) is 0 Å². The predicted octanol–water partition coefficient (Wildman–Crippen LogP) is 3.55. The lowest BCUT2D eigenvalue weighted by atomic mass is 10.2. The average molecular weight is 269 g/mol. The van der Waals surface area contributed by atoms with E-state index in [0.29, 0.717) is 12.1 Å². The third-order valence-corrected chi connectivity index (χ3v) is 3.72. The highest BCUT2D eigenvalue weighted by Crippen LogP contribution is 2.11. The third kappa shape index (κ3) is 5.38. The molecule has 0 bridgehead atoms. The van der Waals surface area contributed by atoms with Crippen LogP contribution < -0.4 is 5.32 Å². The van der Waals surface area contributed by atoms with Crippen LogP contribution in [0.2, 0.25) is 5.02 Å². The van der Waals surface area contributed by atoms with Crippen LogP contribution in [0.5, 0.6) is 0 Å². The lowest BCUT2D eigenvalue weighted by Gasteiger charge is -2.26. The largest absolute Gasteiger partial charge is 0.313 e. The Bertz CT molecular complexity index is 337. The molecule has 0 fully saturated rings. The van der Waals surface area contributed by atoms with Crippen molar-refractivity contribution < 1.29 is 0 Å². The van der Waals surface area contributed by atoms with Crippen LogP contribution in [0, 0.1) is 0 Å². The summed E-state index contributed by atoms with van der Waals surface area (Å²) in [4.78, 5) is 2.36. The van der Waals surface area contributed by atoms with Crippen LogP contribution in [-0.2, 0) is 6.54 Å². The summed E-state index contributed by atoms with van der Waals surface area (Å²) in [5, 5.41) is 4.34. The van der Waals surface area contributed by atoms with Crippen molar-refractivity contribution in [3.05, 3.63) is 34.9 Å². The topological polar surface area (TPSA) is 15.3 Å². The van der Waals surface area contributed by atoms with Crippen molar-refractivity contribution >= 4 is 11.6 Å².